The van der Waals surface area contributed by atoms with E-state index in [-0.39, 0.29) is 6.61 Å². The van der Waals surface area contributed by atoms with Crippen molar-refractivity contribution in [1.82, 2.24) is 4.98 Å². The third-order valence-corrected chi connectivity index (χ3v) is 3.34. The molecule has 1 aromatic heterocycles. The summed E-state index contributed by atoms with van der Waals surface area (Å²) >= 11 is 0. The first-order valence-electron chi connectivity index (χ1n) is 6.18. The molecule has 0 atom stereocenters. The van der Waals surface area contributed by atoms with Gasteiger partial charge in [-0.3, -0.25) is 4.79 Å². The van der Waals surface area contributed by atoms with Crippen LogP contribution < -0.4 is 5.32 Å². The summed E-state index contributed by atoms with van der Waals surface area (Å²) in [6.45, 7) is 0.106. The van der Waals surface area contributed by atoms with Gasteiger partial charge in [-0.2, -0.15) is 0 Å². The van der Waals surface area contributed by atoms with E-state index < -0.39 is 0 Å². The summed E-state index contributed by atoms with van der Waals surface area (Å²) in [5.74, 6) is 0. The lowest BCUT2D eigenvalue weighted by Gasteiger charge is -2.06. The van der Waals surface area contributed by atoms with Gasteiger partial charge in [-0.1, -0.05) is 24.3 Å². The van der Waals surface area contributed by atoms with Crippen molar-refractivity contribution in [3.05, 3.63) is 42.0 Å². The molecule has 1 amide bonds. The molecule has 3 rings (SSSR count). The fourth-order valence-corrected chi connectivity index (χ4v) is 2.54. The van der Waals surface area contributed by atoms with E-state index in [1.807, 2.05) is 36.4 Å². The zero-order valence-electron chi connectivity index (χ0n) is 10.3. The maximum Gasteiger partial charge on any atom is 0.211 e. The second-order valence-corrected chi connectivity index (χ2v) is 4.43. The minimum absolute atomic E-state index is 0.106. The predicted octanol–water partition coefficient (Wildman–Crippen LogP) is 2.42. The zero-order chi connectivity index (χ0) is 13.2. The SMILES string of the molecule is O=CNc1ccc(CCO)c2c1[nH]c1ccccc12. The Morgan fingerprint density at radius 2 is 2.05 bits per heavy atom. The smallest absolute Gasteiger partial charge is 0.211 e. The minimum Gasteiger partial charge on any atom is -0.396 e. The number of rotatable bonds is 4. The molecule has 3 N–H and O–H groups in total. The van der Waals surface area contributed by atoms with Crippen LogP contribution in [-0.4, -0.2) is 23.1 Å². The Kier molecular flexibility index (Phi) is 2.93. The Morgan fingerprint density at radius 1 is 1.21 bits per heavy atom. The Morgan fingerprint density at radius 3 is 2.84 bits per heavy atom. The molecule has 0 aliphatic heterocycles. The molecule has 0 bridgehead atoms. The zero-order valence-corrected chi connectivity index (χ0v) is 10.3. The monoisotopic (exact) mass is 254 g/mol. The Balaban J connectivity index is 2.39. The first kappa shape index (κ1) is 11.7. The number of hydrogen-bond acceptors (Lipinski definition) is 2. The van der Waals surface area contributed by atoms with Crippen LogP contribution in [0, 0.1) is 0 Å². The van der Waals surface area contributed by atoms with Crippen molar-refractivity contribution in [3.63, 3.8) is 0 Å². The number of amides is 1. The van der Waals surface area contributed by atoms with E-state index >= 15 is 0 Å². The summed E-state index contributed by atoms with van der Waals surface area (Å²) in [5.41, 5.74) is 3.75. The number of hydrogen-bond donors (Lipinski definition) is 3. The number of H-pyrrole nitrogens is 1. The number of aliphatic hydroxyl groups excluding tert-OH is 1. The molecule has 2 aromatic carbocycles. The molecule has 0 aliphatic carbocycles. The normalized spacial score (nSPS) is 11.0. The number of carbonyl (C=O) groups is 1. The van der Waals surface area contributed by atoms with Crippen LogP contribution in [-0.2, 0) is 11.2 Å². The standard InChI is InChI=1S/C15H14N2O2/c18-8-7-10-5-6-13(16-9-19)15-14(10)11-3-1-2-4-12(11)17-15/h1-6,9,17-18H,7-8H2,(H,16,19). The van der Waals surface area contributed by atoms with Crippen LogP contribution in [0.4, 0.5) is 5.69 Å². The third-order valence-electron chi connectivity index (χ3n) is 3.34. The number of aliphatic hydroxyl groups is 1. The Labute approximate surface area is 110 Å². The van der Waals surface area contributed by atoms with E-state index in [2.05, 4.69) is 10.3 Å². The van der Waals surface area contributed by atoms with Crippen LogP contribution in [0.3, 0.4) is 0 Å². The average molecular weight is 254 g/mol. The van der Waals surface area contributed by atoms with Gasteiger partial charge >= 0.3 is 0 Å². The lowest BCUT2D eigenvalue weighted by atomic mass is 10.0. The molecule has 0 fully saturated rings. The molecule has 0 saturated carbocycles. The van der Waals surface area contributed by atoms with Crippen molar-refractivity contribution in [2.45, 2.75) is 6.42 Å². The van der Waals surface area contributed by atoms with E-state index in [1.165, 1.54) is 0 Å². The molecule has 0 spiro atoms. The van der Waals surface area contributed by atoms with Gasteiger partial charge in [-0.15, -0.1) is 0 Å². The van der Waals surface area contributed by atoms with Crippen LogP contribution in [0.5, 0.6) is 0 Å². The van der Waals surface area contributed by atoms with Gasteiger partial charge in [-0.25, -0.2) is 0 Å². The lowest BCUT2D eigenvalue weighted by Crippen LogP contribution is -1.97. The van der Waals surface area contributed by atoms with Gasteiger partial charge in [0.15, 0.2) is 0 Å². The number of nitrogens with one attached hydrogen (secondary N) is 2. The molecule has 0 radical (unpaired) electrons. The highest BCUT2D eigenvalue weighted by Gasteiger charge is 2.11. The molecule has 4 heteroatoms. The van der Waals surface area contributed by atoms with E-state index in [4.69, 9.17) is 0 Å². The fraction of sp³-hybridized carbons (Fsp3) is 0.133. The summed E-state index contributed by atoms with van der Waals surface area (Å²) in [7, 11) is 0. The topological polar surface area (TPSA) is 65.1 Å². The third kappa shape index (κ3) is 1.86. The average Bonchev–Trinajstić information content (AvgIpc) is 2.82. The number of aromatic nitrogens is 1. The van der Waals surface area contributed by atoms with Gasteiger partial charge in [-0.05, 0) is 24.1 Å². The van der Waals surface area contributed by atoms with Crippen LogP contribution in [0.1, 0.15) is 5.56 Å². The highest BCUT2D eigenvalue weighted by atomic mass is 16.2. The number of para-hydroxylation sites is 1. The molecule has 96 valence electrons. The molecule has 3 aromatic rings. The number of benzene rings is 2. The highest BCUT2D eigenvalue weighted by Crippen LogP contribution is 2.33. The van der Waals surface area contributed by atoms with Gasteiger partial charge in [0.1, 0.15) is 0 Å². The highest BCUT2D eigenvalue weighted by molar-refractivity contribution is 6.13. The summed E-state index contributed by atoms with van der Waals surface area (Å²) in [6.07, 6.45) is 1.27. The van der Waals surface area contributed by atoms with Crippen LogP contribution in [0.2, 0.25) is 0 Å². The molecular weight excluding hydrogens is 240 g/mol. The van der Waals surface area contributed by atoms with Crippen molar-refractivity contribution >= 4 is 33.9 Å². The summed E-state index contributed by atoms with van der Waals surface area (Å²) in [5, 5.41) is 14.1. The summed E-state index contributed by atoms with van der Waals surface area (Å²) < 4.78 is 0. The number of fused-ring (bicyclic) bond motifs is 3. The molecule has 19 heavy (non-hydrogen) atoms. The van der Waals surface area contributed by atoms with Gasteiger partial charge in [0.25, 0.3) is 0 Å². The lowest BCUT2D eigenvalue weighted by molar-refractivity contribution is -0.105. The molecule has 4 nitrogen and oxygen atoms in total. The first-order valence-corrected chi connectivity index (χ1v) is 6.18. The molecule has 0 saturated heterocycles. The van der Waals surface area contributed by atoms with Gasteiger partial charge < -0.3 is 15.4 Å². The number of carbonyl (C=O) groups excluding carboxylic acids is 1. The van der Waals surface area contributed by atoms with Crippen molar-refractivity contribution in [2.24, 2.45) is 0 Å². The second kappa shape index (κ2) is 4.74. The van der Waals surface area contributed by atoms with Crippen LogP contribution in [0.15, 0.2) is 36.4 Å². The molecule has 0 unspecified atom stereocenters. The summed E-state index contributed by atoms with van der Waals surface area (Å²) in [4.78, 5) is 14.0. The molecule has 0 aliphatic rings. The van der Waals surface area contributed by atoms with E-state index in [0.717, 1.165) is 33.1 Å². The largest absolute Gasteiger partial charge is 0.396 e. The van der Waals surface area contributed by atoms with Crippen molar-refractivity contribution in [1.29, 1.82) is 0 Å². The van der Waals surface area contributed by atoms with Crippen molar-refractivity contribution in [2.75, 3.05) is 11.9 Å². The molecule has 1 heterocycles. The quantitative estimate of drug-likeness (QED) is 0.626. The molecular formula is C15H14N2O2. The summed E-state index contributed by atoms with van der Waals surface area (Å²) in [6, 6.07) is 11.8. The van der Waals surface area contributed by atoms with Crippen molar-refractivity contribution in [3.8, 4) is 0 Å². The minimum atomic E-state index is 0.106. The van der Waals surface area contributed by atoms with Gasteiger partial charge in [0.05, 0.1) is 11.2 Å². The van der Waals surface area contributed by atoms with E-state index in [0.29, 0.717) is 12.8 Å². The van der Waals surface area contributed by atoms with E-state index in [9.17, 15) is 9.90 Å². The van der Waals surface area contributed by atoms with Gasteiger partial charge in [0, 0.05) is 22.9 Å². The first-order chi connectivity index (χ1) is 9.35. The Hall–Kier alpha value is -2.33. The maximum atomic E-state index is 10.7. The van der Waals surface area contributed by atoms with Gasteiger partial charge in [0.2, 0.25) is 6.41 Å². The van der Waals surface area contributed by atoms with Crippen LogP contribution in [0.25, 0.3) is 21.8 Å². The second-order valence-electron chi connectivity index (χ2n) is 4.43. The van der Waals surface area contributed by atoms with Crippen LogP contribution >= 0.6 is 0 Å². The number of aromatic amines is 1. The fourth-order valence-electron chi connectivity index (χ4n) is 2.54. The number of anilines is 1. The maximum absolute atomic E-state index is 10.7. The Bertz CT molecular complexity index is 746. The van der Waals surface area contributed by atoms with E-state index in [1.54, 1.807) is 0 Å². The van der Waals surface area contributed by atoms with Crippen molar-refractivity contribution < 1.29 is 9.90 Å². The predicted molar refractivity (Wildman–Crippen MR) is 76.3 cm³/mol.